The fourth-order valence-electron chi connectivity index (χ4n) is 5.10. The van der Waals surface area contributed by atoms with Gasteiger partial charge in [-0.2, -0.15) is 0 Å². The van der Waals surface area contributed by atoms with Crippen LogP contribution in [0.15, 0.2) is 36.5 Å². The number of hydrogen-bond acceptors (Lipinski definition) is 6. The van der Waals surface area contributed by atoms with Gasteiger partial charge in [0.2, 0.25) is 11.8 Å². The van der Waals surface area contributed by atoms with E-state index in [2.05, 4.69) is 4.98 Å². The average Bonchev–Trinajstić information content (AvgIpc) is 3.19. The van der Waals surface area contributed by atoms with E-state index in [4.69, 9.17) is 4.74 Å². The highest BCUT2D eigenvalue weighted by atomic mass is 16.5. The molecule has 2 aromatic rings. The topological polar surface area (TPSA) is 79.8 Å². The van der Waals surface area contributed by atoms with Crippen LogP contribution >= 0.6 is 0 Å². The van der Waals surface area contributed by atoms with E-state index < -0.39 is 17.9 Å². The van der Waals surface area contributed by atoms with E-state index in [0.29, 0.717) is 0 Å². The number of ether oxygens (including phenoxy) is 1. The van der Waals surface area contributed by atoms with Gasteiger partial charge in [0.15, 0.2) is 5.78 Å². The van der Waals surface area contributed by atoms with Crippen LogP contribution in [0.1, 0.15) is 12.5 Å². The number of carbonyl (C=O) groups is 3. The number of aromatic nitrogens is 1. The van der Waals surface area contributed by atoms with Gasteiger partial charge in [-0.05, 0) is 18.6 Å². The summed E-state index contributed by atoms with van der Waals surface area (Å²) in [6, 6.07) is 6.79. The van der Waals surface area contributed by atoms with Gasteiger partial charge in [0, 0.05) is 18.7 Å². The first kappa shape index (κ1) is 18.0. The van der Waals surface area contributed by atoms with E-state index in [1.54, 1.807) is 6.20 Å². The molecule has 3 aliphatic rings. The molecule has 0 saturated carbocycles. The molecule has 4 atom stereocenters. The molecule has 3 aliphatic heterocycles. The summed E-state index contributed by atoms with van der Waals surface area (Å²) in [7, 11) is 1.53. The molecule has 7 nitrogen and oxygen atoms in total. The van der Waals surface area contributed by atoms with Gasteiger partial charge < -0.3 is 9.64 Å². The SMILES string of the molecule is COCCN1C(=O)[C@@H]2[C@H](C1=O)[C@H]1C=Cc3ccc4cccnc4c3N1[C@@H]2C(C)=O. The fraction of sp³-hybridized carbons (Fsp3) is 0.364. The van der Waals surface area contributed by atoms with Crippen LogP contribution in [0.25, 0.3) is 17.0 Å². The number of fused-ring (bicyclic) bond motifs is 7. The Morgan fingerprint density at radius 1 is 1.17 bits per heavy atom. The summed E-state index contributed by atoms with van der Waals surface area (Å²) in [5.41, 5.74) is 2.55. The Kier molecular flexibility index (Phi) is 4.03. The van der Waals surface area contributed by atoms with Crippen LogP contribution in [0, 0.1) is 11.8 Å². The lowest BCUT2D eigenvalue weighted by molar-refractivity contribution is -0.141. The van der Waals surface area contributed by atoms with Crippen LogP contribution in [0.3, 0.4) is 0 Å². The van der Waals surface area contributed by atoms with Crippen molar-refractivity contribution in [1.29, 1.82) is 0 Å². The molecule has 29 heavy (non-hydrogen) atoms. The number of nitrogens with zero attached hydrogens (tertiary/aromatic N) is 3. The fourth-order valence-corrected chi connectivity index (χ4v) is 5.10. The van der Waals surface area contributed by atoms with E-state index >= 15 is 0 Å². The lowest BCUT2D eigenvalue weighted by Crippen LogP contribution is -2.48. The third-order valence-electron chi connectivity index (χ3n) is 6.26. The van der Waals surface area contributed by atoms with Gasteiger partial charge in [-0.25, -0.2) is 0 Å². The first-order valence-corrected chi connectivity index (χ1v) is 9.73. The smallest absolute Gasteiger partial charge is 0.235 e. The number of rotatable bonds is 4. The predicted octanol–water partition coefficient (Wildman–Crippen LogP) is 1.66. The normalized spacial score (nSPS) is 27.4. The van der Waals surface area contributed by atoms with Crippen molar-refractivity contribution in [3.63, 3.8) is 0 Å². The molecule has 0 aliphatic carbocycles. The molecule has 2 fully saturated rings. The van der Waals surface area contributed by atoms with Crippen molar-refractivity contribution in [2.45, 2.75) is 19.0 Å². The molecule has 2 amide bonds. The van der Waals surface area contributed by atoms with Gasteiger partial charge in [-0.3, -0.25) is 24.3 Å². The van der Waals surface area contributed by atoms with E-state index in [-0.39, 0.29) is 36.8 Å². The van der Waals surface area contributed by atoms with E-state index in [1.165, 1.54) is 18.9 Å². The number of benzene rings is 1. The van der Waals surface area contributed by atoms with Gasteiger partial charge in [-0.1, -0.05) is 30.4 Å². The maximum absolute atomic E-state index is 13.2. The second-order valence-electron chi connectivity index (χ2n) is 7.76. The highest BCUT2D eigenvalue weighted by Gasteiger charge is 2.63. The Hall–Kier alpha value is -3.06. The van der Waals surface area contributed by atoms with Gasteiger partial charge in [0.1, 0.15) is 6.04 Å². The number of likely N-dealkylation sites (tertiary alicyclic amines) is 1. The van der Waals surface area contributed by atoms with Crippen LogP contribution < -0.4 is 4.90 Å². The third kappa shape index (κ3) is 2.40. The summed E-state index contributed by atoms with van der Waals surface area (Å²) in [5, 5.41) is 0.957. The zero-order chi connectivity index (χ0) is 20.3. The number of methoxy groups -OCH3 is 1. The third-order valence-corrected chi connectivity index (χ3v) is 6.26. The highest BCUT2D eigenvalue weighted by Crippen LogP contribution is 2.49. The molecular formula is C22H21N3O4. The van der Waals surface area contributed by atoms with Crippen molar-refractivity contribution in [3.8, 4) is 0 Å². The predicted molar refractivity (Wildman–Crippen MR) is 107 cm³/mol. The van der Waals surface area contributed by atoms with E-state index in [0.717, 1.165) is 22.2 Å². The summed E-state index contributed by atoms with van der Waals surface area (Å²) in [5.74, 6) is -1.88. The lowest BCUT2D eigenvalue weighted by Gasteiger charge is -2.36. The molecular weight excluding hydrogens is 370 g/mol. The number of hydrogen-bond donors (Lipinski definition) is 0. The van der Waals surface area contributed by atoms with Crippen LogP contribution in [0.4, 0.5) is 5.69 Å². The highest BCUT2D eigenvalue weighted by molar-refractivity contribution is 6.12. The molecule has 2 saturated heterocycles. The molecule has 7 heteroatoms. The number of anilines is 1. The van der Waals surface area contributed by atoms with E-state index in [1.807, 2.05) is 41.3 Å². The molecule has 5 rings (SSSR count). The Morgan fingerprint density at radius 2 is 1.97 bits per heavy atom. The van der Waals surface area contributed by atoms with Crippen molar-refractivity contribution >= 4 is 40.3 Å². The van der Waals surface area contributed by atoms with Crippen molar-refractivity contribution in [2.24, 2.45) is 11.8 Å². The first-order chi connectivity index (χ1) is 14.0. The quantitative estimate of drug-likeness (QED) is 0.738. The lowest BCUT2D eigenvalue weighted by atomic mass is 9.88. The summed E-state index contributed by atoms with van der Waals surface area (Å²) in [4.78, 5) is 46.9. The number of Topliss-reactive ketones (excluding diaryl/α,β-unsaturated/α-hetero) is 1. The minimum atomic E-state index is -0.690. The van der Waals surface area contributed by atoms with Crippen LogP contribution in [-0.4, -0.2) is 59.8 Å². The monoisotopic (exact) mass is 391 g/mol. The van der Waals surface area contributed by atoms with Crippen molar-refractivity contribution in [1.82, 2.24) is 9.88 Å². The standard InChI is InChI=1S/C22H21N3O4/c1-12(26)19-17-16(21(27)24(22(17)28)10-11-29-2)15-8-7-14-6-5-13-4-3-9-23-18(13)20(14)25(15)19/h3-9,15-17,19H,10-11H2,1-2H3/t15-,16-,17-,19-/m1/s1. The number of ketones is 1. The second-order valence-corrected chi connectivity index (χ2v) is 7.76. The number of pyridine rings is 1. The average molecular weight is 391 g/mol. The molecule has 148 valence electrons. The molecule has 1 aromatic carbocycles. The van der Waals surface area contributed by atoms with Gasteiger partial charge in [0.05, 0.1) is 42.2 Å². The maximum Gasteiger partial charge on any atom is 0.235 e. The number of amides is 2. The Morgan fingerprint density at radius 3 is 2.72 bits per heavy atom. The molecule has 4 heterocycles. The van der Waals surface area contributed by atoms with Crippen molar-refractivity contribution in [3.05, 3.63) is 42.1 Å². The largest absolute Gasteiger partial charge is 0.383 e. The first-order valence-electron chi connectivity index (χ1n) is 9.73. The Bertz CT molecular complexity index is 1080. The van der Waals surface area contributed by atoms with E-state index in [9.17, 15) is 14.4 Å². The minimum Gasteiger partial charge on any atom is -0.383 e. The number of carbonyl (C=O) groups excluding carboxylic acids is 3. The number of imide groups is 1. The summed E-state index contributed by atoms with van der Waals surface area (Å²) in [6.07, 6.45) is 5.64. The minimum absolute atomic E-state index is 0.119. The molecule has 0 spiro atoms. The Labute approximate surface area is 167 Å². The summed E-state index contributed by atoms with van der Waals surface area (Å²) in [6.45, 7) is 1.99. The molecule has 0 N–H and O–H groups in total. The van der Waals surface area contributed by atoms with Gasteiger partial charge in [0.25, 0.3) is 0 Å². The van der Waals surface area contributed by atoms with Crippen LogP contribution in [0.5, 0.6) is 0 Å². The zero-order valence-electron chi connectivity index (χ0n) is 16.2. The second kappa shape index (κ2) is 6.49. The summed E-state index contributed by atoms with van der Waals surface area (Å²) < 4.78 is 5.05. The molecule has 0 unspecified atom stereocenters. The molecule has 1 aromatic heterocycles. The maximum atomic E-state index is 13.2. The van der Waals surface area contributed by atoms with Crippen LogP contribution in [-0.2, 0) is 19.1 Å². The molecule has 0 radical (unpaired) electrons. The van der Waals surface area contributed by atoms with Crippen molar-refractivity contribution < 1.29 is 19.1 Å². The van der Waals surface area contributed by atoms with Gasteiger partial charge in [-0.15, -0.1) is 0 Å². The van der Waals surface area contributed by atoms with Gasteiger partial charge >= 0.3 is 0 Å². The Balaban J connectivity index is 1.67. The summed E-state index contributed by atoms with van der Waals surface area (Å²) >= 11 is 0. The van der Waals surface area contributed by atoms with Crippen molar-refractivity contribution in [2.75, 3.05) is 25.2 Å². The zero-order valence-corrected chi connectivity index (χ0v) is 16.2. The van der Waals surface area contributed by atoms with Crippen LogP contribution in [0.2, 0.25) is 0 Å². The molecule has 0 bridgehead atoms.